The summed E-state index contributed by atoms with van der Waals surface area (Å²) < 4.78 is 5.95. The highest BCUT2D eigenvalue weighted by Gasteiger charge is 2.62. The maximum atomic E-state index is 12.7. The summed E-state index contributed by atoms with van der Waals surface area (Å²) in [4.78, 5) is 23.8. The van der Waals surface area contributed by atoms with Crippen LogP contribution in [-0.4, -0.2) is 23.1 Å². The summed E-state index contributed by atoms with van der Waals surface area (Å²) in [7, 11) is 0. The largest absolute Gasteiger partial charge is 0.478 e. The number of hydrogen-bond acceptors (Lipinski definition) is 3. The number of aliphatic carboxylic acids is 1. The zero-order valence-corrected chi connectivity index (χ0v) is 15.8. The van der Waals surface area contributed by atoms with E-state index in [9.17, 15) is 9.59 Å². The Kier molecular flexibility index (Phi) is 5.46. The van der Waals surface area contributed by atoms with E-state index < -0.39 is 5.97 Å². The monoisotopic (exact) mass is 336 g/mol. The normalized spacial score (nSPS) is 35.6. The van der Waals surface area contributed by atoms with Crippen LogP contribution >= 0.6 is 0 Å². The number of allylic oxidation sites excluding steroid dienone is 1. The van der Waals surface area contributed by atoms with Crippen LogP contribution in [0.25, 0.3) is 0 Å². The van der Waals surface area contributed by atoms with Crippen LogP contribution in [0.2, 0.25) is 0 Å². The number of carboxylic acids is 1. The molecule has 2 aliphatic rings. The van der Waals surface area contributed by atoms with E-state index in [0.717, 1.165) is 12.8 Å². The van der Waals surface area contributed by atoms with Gasteiger partial charge in [-0.1, -0.05) is 47.1 Å². The smallest absolute Gasteiger partial charge is 0.330 e. The van der Waals surface area contributed by atoms with E-state index >= 15 is 0 Å². The molecule has 0 aliphatic heterocycles. The minimum Gasteiger partial charge on any atom is -0.478 e. The molecule has 0 aromatic rings. The van der Waals surface area contributed by atoms with Gasteiger partial charge < -0.3 is 9.84 Å². The summed E-state index contributed by atoms with van der Waals surface area (Å²) in [6, 6.07) is 0. The van der Waals surface area contributed by atoms with Crippen molar-refractivity contribution in [1.82, 2.24) is 0 Å². The molecule has 0 heterocycles. The molecule has 2 rings (SSSR count). The third kappa shape index (κ3) is 3.84. The van der Waals surface area contributed by atoms with Crippen molar-refractivity contribution in [3.8, 4) is 0 Å². The number of rotatable bonds is 5. The third-order valence-corrected chi connectivity index (χ3v) is 6.16. The second-order valence-corrected chi connectivity index (χ2v) is 8.78. The minimum absolute atomic E-state index is 0.00264. The first-order valence-electron chi connectivity index (χ1n) is 9.17. The Hall–Kier alpha value is -1.32. The molecule has 2 saturated carbocycles. The van der Waals surface area contributed by atoms with Gasteiger partial charge in [0, 0.05) is 5.57 Å². The molecule has 0 aromatic carbocycles. The van der Waals surface area contributed by atoms with Crippen molar-refractivity contribution in [2.24, 2.45) is 35.0 Å². The molecule has 4 nitrogen and oxygen atoms in total. The number of hydrogen-bond donors (Lipinski definition) is 1. The second kappa shape index (κ2) is 6.89. The van der Waals surface area contributed by atoms with Crippen molar-refractivity contribution >= 4 is 11.9 Å². The van der Waals surface area contributed by atoms with Crippen LogP contribution in [0.3, 0.4) is 0 Å². The fourth-order valence-electron chi connectivity index (χ4n) is 4.25. The van der Waals surface area contributed by atoms with E-state index in [-0.39, 0.29) is 29.3 Å². The number of ether oxygens (including phenoxy) is 1. The van der Waals surface area contributed by atoms with E-state index in [2.05, 4.69) is 20.8 Å². The fraction of sp³-hybridized carbons (Fsp3) is 0.800. The molecular formula is C20H32O4. The van der Waals surface area contributed by atoms with Crippen LogP contribution < -0.4 is 0 Å². The summed E-state index contributed by atoms with van der Waals surface area (Å²) in [6.45, 7) is 12.2. The van der Waals surface area contributed by atoms with Crippen molar-refractivity contribution in [1.29, 1.82) is 0 Å². The quantitative estimate of drug-likeness (QED) is 0.601. The molecule has 1 N–H and O–H groups in total. The van der Waals surface area contributed by atoms with Gasteiger partial charge in [-0.25, -0.2) is 4.79 Å². The lowest BCUT2D eigenvalue weighted by molar-refractivity contribution is -0.158. The van der Waals surface area contributed by atoms with Crippen LogP contribution in [0, 0.1) is 35.0 Å². The van der Waals surface area contributed by atoms with E-state index in [1.54, 1.807) is 13.0 Å². The first kappa shape index (κ1) is 19.0. The van der Waals surface area contributed by atoms with Gasteiger partial charge in [0.1, 0.15) is 6.10 Å². The van der Waals surface area contributed by atoms with Gasteiger partial charge in [0.2, 0.25) is 0 Å². The number of carbonyl (C=O) groups excluding carboxylic acids is 1. The molecule has 0 amide bonds. The summed E-state index contributed by atoms with van der Waals surface area (Å²) in [5.74, 6) is 0.190. The topological polar surface area (TPSA) is 63.6 Å². The summed E-state index contributed by atoms with van der Waals surface area (Å²) in [5, 5.41) is 9.06. The van der Waals surface area contributed by atoms with Crippen LogP contribution in [-0.2, 0) is 14.3 Å². The van der Waals surface area contributed by atoms with Gasteiger partial charge in [0.15, 0.2) is 0 Å². The van der Waals surface area contributed by atoms with E-state index in [1.165, 1.54) is 6.42 Å². The molecule has 0 spiro atoms. The van der Waals surface area contributed by atoms with Crippen molar-refractivity contribution < 1.29 is 19.4 Å². The van der Waals surface area contributed by atoms with Gasteiger partial charge in [-0.05, 0) is 48.9 Å². The highest BCUT2D eigenvalue weighted by Crippen LogP contribution is 2.60. The van der Waals surface area contributed by atoms with Crippen molar-refractivity contribution in [3.63, 3.8) is 0 Å². The first-order valence-corrected chi connectivity index (χ1v) is 9.17. The molecule has 5 atom stereocenters. The maximum Gasteiger partial charge on any atom is 0.330 e. The van der Waals surface area contributed by atoms with Crippen LogP contribution in [0.15, 0.2) is 11.6 Å². The molecule has 2 aliphatic carbocycles. The van der Waals surface area contributed by atoms with E-state index in [4.69, 9.17) is 9.84 Å². The Bertz CT molecular complexity index is 532. The Morgan fingerprint density at radius 1 is 1.25 bits per heavy atom. The van der Waals surface area contributed by atoms with Gasteiger partial charge >= 0.3 is 11.9 Å². The number of carboxylic acid groups (broad SMARTS) is 1. The van der Waals surface area contributed by atoms with Gasteiger partial charge in [0.25, 0.3) is 0 Å². The fourth-order valence-corrected chi connectivity index (χ4v) is 4.25. The molecule has 2 fully saturated rings. The highest BCUT2D eigenvalue weighted by molar-refractivity contribution is 5.86. The third-order valence-electron chi connectivity index (χ3n) is 6.16. The summed E-state index contributed by atoms with van der Waals surface area (Å²) in [6.07, 6.45) is 4.98. The highest BCUT2D eigenvalue weighted by atomic mass is 16.5. The van der Waals surface area contributed by atoms with E-state index in [0.29, 0.717) is 23.3 Å². The second-order valence-electron chi connectivity index (χ2n) is 8.78. The van der Waals surface area contributed by atoms with Gasteiger partial charge in [-0.3, -0.25) is 4.79 Å². The lowest BCUT2D eigenvalue weighted by atomic mass is 9.75. The SMILES string of the molecule is CC(=CC1C(C(=O)OC2CC(C)CCC2C(C)C)C1(C)C)C(=O)O. The molecule has 136 valence electrons. The molecule has 24 heavy (non-hydrogen) atoms. The average Bonchev–Trinajstić information content (AvgIpc) is 2.99. The van der Waals surface area contributed by atoms with Crippen molar-refractivity contribution in [2.45, 2.75) is 66.9 Å². The van der Waals surface area contributed by atoms with Crippen molar-refractivity contribution in [2.75, 3.05) is 0 Å². The Morgan fingerprint density at radius 2 is 1.88 bits per heavy atom. The summed E-state index contributed by atoms with van der Waals surface area (Å²) in [5.41, 5.74) is 0.0798. The van der Waals surface area contributed by atoms with Gasteiger partial charge in [-0.15, -0.1) is 0 Å². The average molecular weight is 336 g/mol. The first-order chi connectivity index (χ1) is 11.1. The predicted octanol–water partition coefficient (Wildman–Crippen LogP) is 4.29. The molecular weight excluding hydrogens is 304 g/mol. The standard InChI is InChI=1S/C20H32O4/c1-11(2)14-8-7-12(3)9-16(14)24-19(23)17-15(20(17,5)6)10-13(4)18(21)22/h10-12,14-17H,7-9H2,1-6H3,(H,21,22). The molecule has 0 aromatic heterocycles. The minimum atomic E-state index is -0.925. The van der Waals surface area contributed by atoms with Crippen molar-refractivity contribution in [3.05, 3.63) is 11.6 Å². The van der Waals surface area contributed by atoms with Gasteiger partial charge in [-0.2, -0.15) is 0 Å². The Balaban J connectivity index is 2.06. The summed E-state index contributed by atoms with van der Waals surface area (Å²) >= 11 is 0. The van der Waals surface area contributed by atoms with Crippen LogP contribution in [0.5, 0.6) is 0 Å². The van der Waals surface area contributed by atoms with Crippen LogP contribution in [0.4, 0.5) is 0 Å². The maximum absolute atomic E-state index is 12.7. The Morgan fingerprint density at radius 3 is 2.42 bits per heavy atom. The lowest BCUT2D eigenvalue weighted by Crippen LogP contribution is -2.36. The lowest BCUT2D eigenvalue weighted by Gasteiger charge is -2.36. The Labute approximate surface area is 145 Å². The molecule has 0 radical (unpaired) electrons. The molecule has 4 heteroatoms. The predicted molar refractivity (Wildman–Crippen MR) is 93.4 cm³/mol. The molecule has 5 unspecified atom stereocenters. The number of carbonyl (C=O) groups is 2. The molecule has 0 saturated heterocycles. The number of esters is 1. The van der Waals surface area contributed by atoms with Crippen LogP contribution in [0.1, 0.15) is 60.8 Å². The van der Waals surface area contributed by atoms with E-state index in [1.807, 2.05) is 13.8 Å². The molecule has 0 bridgehead atoms. The zero-order chi connectivity index (χ0) is 18.2. The van der Waals surface area contributed by atoms with Gasteiger partial charge in [0.05, 0.1) is 5.92 Å². The zero-order valence-electron chi connectivity index (χ0n) is 15.8.